The van der Waals surface area contributed by atoms with Crippen molar-refractivity contribution in [2.45, 2.75) is 52.5 Å². The molecule has 4 rings (SSSR count). The van der Waals surface area contributed by atoms with E-state index in [1.807, 2.05) is 24.4 Å². The minimum atomic E-state index is 0.247. The summed E-state index contributed by atoms with van der Waals surface area (Å²) < 4.78 is 1.90. The summed E-state index contributed by atoms with van der Waals surface area (Å²) in [5.74, 6) is 0.247. The number of likely N-dealkylation sites (tertiary alicyclic amines) is 1. The van der Waals surface area contributed by atoms with Gasteiger partial charge in [-0.3, -0.25) is 4.79 Å². The molecule has 1 amide bonds. The van der Waals surface area contributed by atoms with Crippen LogP contribution in [0.1, 0.15) is 52.8 Å². The molecule has 0 N–H and O–H groups in total. The number of nitrogens with zero attached hydrogens (tertiary/aromatic N) is 4. The third-order valence-corrected chi connectivity index (χ3v) is 6.29. The average molecular weight is 369 g/mol. The zero-order valence-electron chi connectivity index (χ0n) is 15.5. The molecule has 3 aromatic heterocycles. The largest absolute Gasteiger partial charge is 0.335 e. The molecule has 0 bridgehead atoms. The maximum Gasteiger partial charge on any atom is 0.223 e. The average Bonchev–Trinajstić information content (AvgIpc) is 3.33. The van der Waals surface area contributed by atoms with Crippen molar-refractivity contribution in [2.75, 3.05) is 6.54 Å². The number of aromatic nitrogens is 3. The van der Waals surface area contributed by atoms with Gasteiger partial charge < -0.3 is 4.90 Å². The Kier molecular flexibility index (Phi) is 4.53. The van der Waals surface area contributed by atoms with Crippen molar-refractivity contribution in [3.8, 4) is 0 Å². The highest BCUT2D eigenvalue weighted by atomic mass is 32.1. The Labute approximate surface area is 157 Å². The first-order valence-corrected chi connectivity index (χ1v) is 10.1. The normalized spacial score (nSPS) is 17.3. The van der Waals surface area contributed by atoms with Crippen LogP contribution < -0.4 is 0 Å². The second-order valence-corrected chi connectivity index (χ2v) is 8.06. The van der Waals surface area contributed by atoms with Gasteiger partial charge in [-0.25, -0.2) is 9.50 Å². The quantitative estimate of drug-likeness (QED) is 0.699. The van der Waals surface area contributed by atoms with Crippen LogP contribution in [-0.2, 0) is 11.2 Å². The SMILES string of the molecule is Cc1cc2nc(C)c(CCC(=O)N3CCC[C@@H]3c3cccs3)c(C)n2n1. The van der Waals surface area contributed by atoms with Crippen LogP contribution in [0.5, 0.6) is 0 Å². The Morgan fingerprint density at radius 2 is 2.19 bits per heavy atom. The van der Waals surface area contributed by atoms with E-state index in [0.29, 0.717) is 12.8 Å². The molecule has 1 saturated heterocycles. The number of hydrogen-bond donors (Lipinski definition) is 0. The summed E-state index contributed by atoms with van der Waals surface area (Å²) in [6, 6.07) is 6.47. The van der Waals surface area contributed by atoms with Gasteiger partial charge in [-0.1, -0.05) is 6.07 Å². The van der Waals surface area contributed by atoms with Gasteiger partial charge in [0, 0.05) is 35.3 Å². The van der Waals surface area contributed by atoms with Gasteiger partial charge in [0.2, 0.25) is 5.91 Å². The maximum absolute atomic E-state index is 12.9. The van der Waals surface area contributed by atoms with Gasteiger partial charge in [0.15, 0.2) is 5.65 Å². The number of amides is 1. The lowest BCUT2D eigenvalue weighted by Gasteiger charge is -2.24. The Bertz CT molecular complexity index is 945. The molecular formula is C20H24N4OS. The summed E-state index contributed by atoms with van der Waals surface area (Å²) in [5, 5.41) is 6.62. The zero-order valence-corrected chi connectivity index (χ0v) is 16.3. The van der Waals surface area contributed by atoms with Crippen LogP contribution in [-0.4, -0.2) is 31.9 Å². The van der Waals surface area contributed by atoms with Gasteiger partial charge in [0.1, 0.15) is 0 Å². The molecule has 0 spiro atoms. The van der Waals surface area contributed by atoms with Crippen molar-refractivity contribution in [3.63, 3.8) is 0 Å². The van der Waals surface area contributed by atoms with Gasteiger partial charge in [-0.15, -0.1) is 11.3 Å². The molecule has 0 aliphatic carbocycles. The first-order chi connectivity index (χ1) is 12.5. The van der Waals surface area contributed by atoms with Crippen LogP contribution in [0.3, 0.4) is 0 Å². The molecule has 1 fully saturated rings. The fourth-order valence-electron chi connectivity index (χ4n) is 4.02. The second-order valence-electron chi connectivity index (χ2n) is 7.08. The molecule has 5 nitrogen and oxygen atoms in total. The summed E-state index contributed by atoms with van der Waals surface area (Å²) in [6.07, 6.45) is 3.40. The van der Waals surface area contributed by atoms with Crippen LogP contribution in [0, 0.1) is 20.8 Å². The van der Waals surface area contributed by atoms with E-state index in [9.17, 15) is 4.79 Å². The zero-order chi connectivity index (χ0) is 18.3. The lowest BCUT2D eigenvalue weighted by Crippen LogP contribution is -2.30. The topological polar surface area (TPSA) is 50.5 Å². The van der Waals surface area contributed by atoms with E-state index in [-0.39, 0.29) is 11.9 Å². The van der Waals surface area contributed by atoms with Crippen molar-refractivity contribution < 1.29 is 4.79 Å². The van der Waals surface area contributed by atoms with Crippen molar-refractivity contribution in [1.29, 1.82) is 0 Å². The molecule has 1 aliphatic rings. The monoisotopic (exact) mass is 368 g/mol. The minimum Gasteiger partial charge on any atom is -0.335 e. The molecular weight excluding hydrogens is 344 g/mol. The van der Waals surface area contributed by atoms with Gasteiger partial charge in [0.25, 0.3) is 0 Å². The van der Waals surface area contributed by atoms with Gasteiger partial charge in [-0.2, -0.15) is 5.10 Å². The van der Waals surface area contributed by atoms with Crippen LogP contribution in [0.4, 0.5) is 0 Å². The van der Waals surface area contributed by atoms with E-state index >= 15 is 0 Å². The van der Waals surface area contributed by atoms with Crippen LogP contribution in [0.15, 0.2) is 23.6 Å². The minimum absolute atomic E-state index is 0.247. The number of hydrogen-bond acceptors (Lipinski definition) is 4. The molecule has 4 heterocycles. The highest BCUT2D eigenvalue weighted by molar-refractivity contribution is 7.10. The van der Waals surface area contributed by atoms with E-state index in [1.165, 1.54) is 4.88 Å². The third-order valence-electron chi connectivity index (χ3n) is 5.32. The highest BCUT2D eigenvalue weighted by Crippen LogP contribution is 2.35. The fourth-order valence-corrected chi connectivity index (χ4v) is 4.89. The summed E-state index contributed by atoms with van der Waals surface area (Å²) in [7, 11) is 0. The number of aryl methyl sites for hydroxylation is 3. The number of carbonyl (C=O) groups is 1. The van der Waals surface area contributed by atoms with Crippen molar-refractivity contribution in [3.05, 3.63) is 51.1 Å². The Morgan fingerprint density at radius 1 is 1.35 bits per heavy atom. The van der Waals surface area contributed by atoms with E-state index < -0.39 is 0 Å². The number of rotatable bonds is 4. The molecule has 26 heavy (non-hydrogen) atoms. The molecule has 6 heteroatoms. The summed E-state index contributed by atoms with van der Waals surface area (Å²) in [6.45, 7) is 6.94. The number of fused-ring (bicyclic) bond motifs is 1. The molecule has 1 aliphatic heterocycles. The summed E-state index contributed by atoms with van der Waals surface area (Å²) in [4.78, 5) is 20.9. The van der Waals surface area contributed by atoms with E-state index in [2.05, 4.69) is 39.4 Å². The Morgan fingerprint density at radius 3 is 2.96 bits per heavy atom. The second kappa shape index (κ2) is 6.83. The Hall–Kier alpha value is -2.21. The van der Waals surface area contributed by atoms with Gasteiger partial charge in [-0.05, 0) is 57.0 Å². The van der Waals surface area contributed by atoms with Crippen molar-refractivity contribution in [1.82, 2.24) is 19.5 Å². The summed E-state index contributed by atoms with van der Waals surface area (Å²) in [5.41, 5.74) is 5.07. The lowest BCUT2D eigenvalue weighted by atomic mass is 10.1. The molecule has 0 aromatic carbocycles. The molecule has 0 radical (unpaired) electrons. The lowest BCUT2D eigenvalue weighted by molar-refractivity contribution is -0.132. The van der Waals surface area contributed by atoms with E-state index in [1.54, 1.807) is 11.3 Å². The molecule has 0 saturated carbocycles. The first-order valence-electron chi connectivity index (χ1n) is 9.20. The number of thiophene rings is 1. The molecule has 3 aromatic rings. The molecule has 0 unspecified atom stereocenters. The Balaban J connectivity index is 1.52. The summed E-state index contributed by atoms with van der Waals surface area (Å²) >= 11 is 1.75. The predicted molar refractivity (Wildman–Crippen MR) is 104 cm³/mol. The van der Waals surface area contributed by atoms with E-state index in [0.717, 1.165) is 47.7 Å². The van der Waals surface area contributed by atoms with Crippen LogP contribution in [0.25, 0.3) is 5.65 Å². The third kappa shape index (κ3) is 3.03. The predicted octanol–water partition coefficient (Wildman–Crippen LogP) is 4.01. The van der Waals surface area contributed by atoms with Crippen LogP contribution >= 0.6 is 11.3 Å². The van der Waals surface area contributed by atoms with Crippen LogP contribution in [0.2, 0.25) is 0 Å². The van der Waals surface area contributed by atoms with Crippen molar-refractivity contribution >= 4 is 22.9 Å². The first kappa shape index (κ1) is 17.2. The molecule has 136 valence electrons. The van der Waals surface area contributed by atoms with Gasteiger partial charge >= 0.3 is 0 Å². The maximum atomic E-state index is 12.9. The van der Waals surface area contributed by atoms with Crippen molar-refractivity contribution in [2.24, 2.45) is 0 Å². The fraction of sp³-hybridized carbons (Fsp3) is 0.450. The van der Waals surface area contributed by atoms with Gasteiger partial charge in [0.05, 0.1) is 11.7 Å². The standard InChI is InChI=1S/C20H24N4OS/c1-13-12-19-21-14(2)16(15(3)24(19)22-13)8-9-20(25)23-10-4-6-17(23)18-7-5-11-26-18/h5,7,11-12,17H,4,6,8-10H2,1-3H3/t17-/m1/s1. The molecule has 1 atom stereocenters. The highest BCUT2D eigenvalue weighted by Gasteiger charge is 2.30. The smallest absolute Gasteiger partial charge is 0.223 e. The number of carbonyl (C=O) groups excluding carboxylic acids is 1. The van der Waals surface area contributed by atoms with E-state index in [4.69, 9.17) is 0 Å².